The lowest BCUT2D eigenvalue weighted by Gasteiger charge is -2.36. The van der Waals surface area contributed by atoms with Crippen molar-refractivity contribution in [2.24, 2.45) is 5.92 Å². The van der Waals surface area contributed by atoms with Crippen LogP contribution in [0, 0.1) is 5.92 Å². The summed E-state index contributed by atoms with van der Waals surface area (Å²) in [5.74, 6) is -2.65. The summed E-state index contributed by atoms with van der Waals surface area (Å²) in [6.45, 7) is 3.48. The van der Waals surface area contributed by atoms with Crippen molar-refractivity contribution in [3.63, 3.8) is 0 Å². The molecule has 0 saturated carbocycles. The molecule has 0 bridgehead atoms. The highest BCUT2D eigenvalue weighted by atomic mass is 32.2. The number of carbonyl (C=O) groups is 3. The maximum Gasteiger partial charge on any atom is 0.490 e. The van der Waals surface area contributed by atoms with E-state index in [9.17, 15) is 31.2 Å². The number of carboxylic acid groups (broad SMARTS) is 1. The van der Waals surface area contributed by atoms with Crippen molar-refractivity contribution in [1.82, 2.24) is 19.8 Å². The van der Waals surface area contributed by atoms with Gasteiger partial charge in [-0.05, 0) is 43.7 Å². The molecule has 38 heavy (non-hydrogen) atoms. The maximum atomic E-state index is 12.7. The zero-order chi connectivity index (χ0) is 28.3. The Hall–Kier alpha value is -2.91. The van der Waals surface area contributed by atoms with Crippen LogP contribution in [-0.2, 0) is 19.6 Å². The van der Waals surface area contributed by atoms with Crippen molar-refractivity contribution >= 4 is 33.6 Å². The van der Waals surface area contributed by atoms with Crippen LogP contribution in [0.15, 0.2) is 30.3 Å². The van der Waals surface area contributed by atoms with E-state index in [0.717, 1.165) is 50.7 Å². The summed E-state index contributed by atoms with van der Waals surface area (Å²) in [6.07, 6.45) is -0.541. The molecule has 1 unspecified atom stereocenters. The number of carboxylic acids is 1. The highest BCUT2D eigenvalue weighted by molar-refractivity contribution is 7.88. The number of benzene rings is 1. The minimum absolute atomic E-state index is 0.0317. The van der Waals surface area contributed by atoms with Crippen molar-refractivity contribution in [1.29, 1.82) is 0 Å². The number of sulfonamides is 1. The quantitative estimate of drug-likeness (QED) is 0.393. The Morgan fingerprint density at radius 3 is 2.21 bits per heavy atom. The number of alkyl halides is 3. The normalized spacial score (nSPS) is 19.2. The van der Waals surface area contributed by atoms with Gasteiger partial charge in [0.15, 0.2) is 0 Å². The number of anilines is 1. The maximum absolute atomic E-state index is 12.7. The van der Waals surface area contributed by atoms with Crippen molar-refractivity contribution in [3.05, 3.63) is 30.3 Å². The summed E-state index contributed by atoms with van der Waals surface area (Å²) in [5.41, 5.74) is 0.793. The smallest absolute Gasteiger partial charge is 0.475 e. The zero-order valence-corrected chi connectivity index (χ0v) is 21.9. The molecular formula is C23H34F3N5O6S. The second-order valence-electron chi connectivity index (χ2n) is 9.29. The lowest BCUT2D eigenvalue weighted by molar-refractivity contribution is -0.192. The summed E-state index contributed by atoms with van der Waals surface area (Å²) in [5, 5.41) is 13.1. The summed E-state index contributed by atoms with van der Waals surface area (Å²) in [7, 11) is -3.22. The molecule has 0 aliphatic carbocycles. The van der Waals surface area contributed by atoms with Gasteiger partial charge in [0.25, 0.3) is 0 Å². The number of piperidine rings is 2. The fourth-order valence-corrected chi connectivity index (χ4v) is 4.65. The average Bonchev–Trinajstić information content (AvgIpc) is 2.84. The van der Waals surface area contributed by atoms with E-state index in [4.69, 9.17) is 9.90 Å². The molecule has 0 aromatic heterocycles. The van der Waals surface area contributed by atoms with Gasteiger partial charge in [-0.25, -0.2) is 22.7 Å². The van der Waals surface area contributed by atoms with E-state index in [0.29, 0.717) is 26.2 Å². The lowest BCUT2D eigenvalue weighted by atomic mass is 9.98. The number of amides is 3. The molecule has 15 heteroatoms. The third-order valence-corrected chi connectivity index (χ3v) is 6.71. The molecule has 0 radical (unpaired) electrons. The number of carbonyl (C=O) groups excluding carboxylic acids is 2. The fourth-order valence-electron chi connectivity index (χ4n) is 4.11. The van der Waals surface area contributed by atoms with E-state index >= 15 is 0 Å². The van der Waals surface area contributed by atoms with Crippen LogP contribution >= 0.6 is 0 Å². The molecule has 2 fully saturated rings. The number of aliphatic carboxylic acids is 1. The van der Waals surface area contributed by atoms with Crippen molar-refractivity contribution < 1.29 is 41.1 Å². The molecule has 0 spiro atoms. The van der Waals surface area contributed by atoms with Gasteiger partial charge < -0.3 is 20.6 Å². The number of nitrogens with one attached hydrogen (secondary N) is 3. The average molecular weight is 566 g/mol. The standard InChI is InChI=1S/C21H33N5O4S.C2HF3O2/c1-31(29,30)22-14-17-6-5-11-26(15-17)21(28)24-19-9-12-25(13-10-19)16-20(27)23-18-7-3-2-4-8-18;3-2(4,5)1(6)7/h2-4,7-8,17,19,22H,5-6,9-16H2,1H3,(H,23,27)(H,24,28);(H,6,7). The highest BCUT2D eigenvalue weighted by Crippen LogP contribution is 2.17. The molecule has 2 saturated heterocycles. The van der Waals surface area contributed by atoms with Gasteiger partial charge in [-0.3, -0.25) is 9.69 Å². The van der Waals surface area contributed by atoms with Gasteiger partial charge in [0.2, 0.25) is 15.9 Å². The van der Waals surface area contributed by atoms with E-state index in [1.54, 1.807) is 4.90 Å². The Balaban J connectivity index is 0.000000638. The number of likely N-dealkylation sites (tertiary alicyclic amines) is 2. The number of rotatable bonds is 7. The van der Waals surface area contributed by atoms with E-state index < -0.39 is 22.2 Å². The van der Waals surface area contributed by atoms with Crippen molar-refractivity contribution in [2.75, 3.05) is 50.8 Å². The van der Waals surface area contributed by atoms with Gasteiger partial charge >= 0.3 is 18.2 Å². The molecule has 1 aromatic rings. The Kier molecular flexibility index (Phi) is 11.8. The molecule has 4 N–H and O–H groups in total. The fraction of sp³-hybridized carbons (Fsp3) is 0.609. The molecule has 2 heterocycles. The summed E-state index contributed by atoms with van der Waals surface area (Å²) in [4.78, 5) is 37.7. The third kappa shape index (κ3) is 12.1. The number of nitrogens with zero attached hydrogens (tertiary/aromatic N) is 2. The van der Waals surface area contributed by atoms with Gasteiger partial charge in [0.1, 0.15) is 0 Å². The second kappa shape index (κ2) is 14.3. The van der Waals surface area contributed by atoms with Crippen LogP contribution in [0.3, 0.4) is 0 Å². The first-order valence-corrected chi connectivity index (χ1v) is 14.0. The Morgan fingerprint density at radius 2 is 1.66 bits per heavy atom. The van der Waals surface area contributed by atoms with Crippen LogP contribution in [0.1, 0.15) is 25.7 Å². The Morgan fingerprint density at radius 1 is 1.05 bits per heavy atom. The predicted octanol–water partition coefficient (Wildman–Crippen LogP) is 1.69. The van der Waals surface area contributed by atoms with Crippen LogP contribution < -0.4 is 15.4 Å². The first-order valence-electron chi connectivity index (χ1n) is 12.1. The Labute approximate surface area is 219 Å². The van der Waals surface area contributed by atoms with Crippen molar-refractivity contribution in [3.8, 4) is 0 Å². The summed E-state index contributed by atoms with van der Waals surface area (Å²) < 4.78 is 56.9. The van der Waals surface area contributed by atoms with Crippen LogP contribution in [0.25, 0.3) is 0 Å². The molecule has 2 aliphatic heterocycles. The molecule has 1 atom stereocenters. The first-order chi connectivity index (χ1) is 17.7. The molecular weight excluding hydrogens is 531 g/mol. The number of hydrogen-bond donors (Lipinski definition) is 4. The molecule has 3 amide bonds. The van der Waals surface area contributed by atoms with Crippen LogP contribution in [-0.4, -0.2) is 99.0 Å². The molecule has 2 aliphatic rings. The van der Waals surface area contributed by atoms with Gasteiger partial charge in [0, 0.05) is 44.5 Å². The van der Waals surface area contributed by atoms with E-state index in [-0.39, 0.29) is 23.9 Å². The molecule has 3 rings (SSSR count). The van der Waals surface area contributed by atoms with Gasteiger partial charge in [-0.1, -0.05) is 18.2 Å². The first kappa shape index (κ1) is 31.3. The van der Waals surface area contributed by atoms with Crippen LogP contribution in [0.2, 0.25) is 0 Å². The SMILES string of the molecule is CS(=O)(=O)NCC1CCCN(C(=O)NC2CCN(CC(=O)Nc3ccccc3)CC2)C1.O=C(O)C(F)(F)F. The van der Waals surface area contributed by atoms with Crippen LogP contribution in [0.5, 0.6) is 0 Å². The van der Waals surface area contributed by atoms with E-state index in [2.05, 4.69) is 20.3 Å². The third-order valence-electron chi connectivity index (χ3n) is 6.02. The van der Waals surface area contributed by atoms with Crippen molar-refractivity contribution in [2.45, 2.75) is 37.9 Å². The van der Waals surface area contributed by atoms with E-state index in [1.807, 2.05) is 30.3 Å². The monoisotopic (exact) mass is 565 g/mol. The lowest BCUT2D eigenvalue weighted by Crippen LogP contribution is -2.52. The summed E-state index contributed by atoms with van der Waals surface area (Å²) >= 11 is 0. The topological polar surface area (TPSA) is 148 Å². The number of para-hydroxylation sites is 1. The highest BCUT2D eigenvalue weighted by Gasteiger charge is 2.38. The van der Waals surface area contributed by atoms with E-state index in [1.165, 1.54) is 0 Å². The minimum Gasteiger partial charge on any atom is -0.475 e. The largest absolute Gasteiger partial charge is 0.490 e. The number of halogens is 3. The van der Waals surface area contributed by atoms with Gasteiger partial charge in [-0.15, -0.1) is 0 Å². The molecule has 11 nitrogen and oxygen atoms in total. The number of urea groups is 1. The van der Waals surface area contributed by atoms with Gasteiger partial charge in [-0.2, -0.15) is 13.2 Å². The molecule has 1 aromatic carbocycles. The minimum atomic E-state index is -5.08. The second-order valence-corrected chi connectivity index (χ2v) is 11.1. The van der Waals surface area contributed by atoms with Crippen LogP contribution in [0.4, 0.5) is 23.7 Å². The Bertz CT molecular complexity index is 1030. The van der Waals surface area contributed by atoms with Gasteiger partial charge in [0.05, 0.1) is 12.8 Å². The zero-order valence-electron chi connectivity index (χ0n) is 21.0. The molecule has 214 valence electrons. The summed E-state index contributed by atoms with van der Waals surface area (Å²) in [6, 6.07) is 9.42. The number of hydrogen-bond acceptors (Lipinski definition) is 6. The predicted molar refractivity (Wildman–Crippen MR) is 134 cm³/mol.